The summed E-state index contributed by atoms with van der Waals surface area (Å²) in [6.07, 6.45) is 5.98. The molecule has 3 heteroatoms. The number of hydrogen-bond acceptors (Lipinski definition) is 1. The molecule has 0 bridgehead atoms. The minimum atomic E-state index is -0.389. The molecule has 0 spiro atoms. The lowest BCUT2D eigenvalue weighted by Gasteiger charge is -2.35. The van der Waals surface area contributed by atoms with Crippen LogP contribution in [0.25, 0.3) is 66.0 Å². The zero-order valence-corrected chi connectivity index (χ0v) is 32.3. The standard InChI is InChI=1S/C56H37N3/c57-36-37-14-13-19-42(32-37)58-52-24-11-8-21-45(52)48-33-38(26-30-54(48)58)39-27-31-55-49(34-39)46-22-9-12-25-53(46)59(55)43-28-29-51-47(35-43)44-20-7-10-23-50(44)56(51,40-15-3-1-4-16-40)41-17-5-2-6-18-41/h1-27,29-35,43H,28H2. The van der Waals surface area contributed by atoms with Crippen molar-refractivity contribution in [1.29, 1.82) is 5.26 Å². The van der Waals surface area contributed by atoms with E-state index in [1.165, 1.54) is 77.1 Å². The molecule has 2 aromatic heterocycles. The Balaban J connectivity index is 1.00. The van der Waals surface area contributed by atoms with Crippen molar-refractivity contribution in [3.8, 4) is 22.9 Å². The molecular weight excluding hydrogens is 715 g/mol. The van der Waals surface area contributed by atoms with Crippen LogP contribution < -0.4 is 0 Å². The number of rotatable bonds is 5. The van der Waals surface area contributed by atoms with Crippen LogP contribution in [0, 0.1) is 11.3 Å². The lowest BCUT2D eigenvalue weighted by Crippen LogP contribution is -2.29. The van der Waals surface area contributed by atoms with Gasteiger partial charge in [-0.15, -0.1) is 0 Å². The number of nitriles is 1. The van der Waals surface area contributed by atoms with E-state index in [9.17, 15) is 5.26 Å². The molecule has 276 valence electrons. The predicted molar refractivity (Wildman–Crippen MR) is 243 cm³/mol. The summed E-state index contributed by atoms with van der Waals surface area (Å²) in [6.45, 7) is 0. The Morgan fingerprint density at radius 1 is 0.508 bits per heavy atom. The number of fused-ring (bicyclic) bond motifs is 9. The molecule has 0 radical (unpaired) electrons. The quantitative estimate of drug-likeness (QED) is 0.172. The van der Waals surface area contributed by atoms with Gasteiger partial charge in [0.1, 0.15) is 0 Å². The Morgan fingerprint density at radius 2 is 1.08 bits per heavy atom. The summed E-state index contributed by atoms with van der Waals surface area (Å²) >= 11 is 0. The molecule has 12 rings (SSSR count). The van der Waals surface area contributed by atoms with Crippen LogP contribution in [0.5, 0.6) is 0 Å². The van der Waals surface area contributed by atoms with Gasteiger partial charge in [-0.2, -0.15) is 5.26 Å². The van der Waals surface area contributed by atoms with Gasteiger partial charge in [-0.05, 0) is 106 Å². The summed E-state index contributed by atoms with van der Waals surface area (Å²) in [5, 5.41) is 14.6. The first-order chi connectivity index (χ1) is 29.2. The molecular formula is C56H37N3. The highest BCUT2D eigenvalue weighted by Crippen LogP contribution is 2.59. The average molecular weight is 752 g/mol. The number of para-hydroxylation sites is 2. The highest BCUT2D eigenvalue weighted by molar-refractivity contribution is 6.12. The predicted octanol–water partition coefficient (Wildman–Crippen LogP) is 13.7. The van der Waals surface area contributed by atoms with Gasteiger partial charge in [0.05, 0.1) is 34.1 Å². The van der Waals surface area contributed by atoms with Crippen molar-refractivity contribution in [1.82, 2.24) is 9.13 Å². The molecule has 0 fully saturated rings. The first-order valence-electron chi connectivity index (χ1n) is 20.4. The van der Waals surface area contributed by atoms with Gasteiger partial charge in [-0.1, -0.05) is 152 Å². The van der Waals surface area contributed by atoms with Gasteiger partial charge in [0.25, 0.3) is 0 Å². The highest BCUT2D eigenvalue weighted by atomic mass is 15.0. The van der Waals surface area contributed by atoms with Crippen molar-refractivity contribution in [2.24, 2.45) is 0 Å². The van der Waals surface area contributed by atoms with E-state index < -0.39 is 0 Å². The van der Waals surface area contributed by atoms with Crippen molar-refractivity contribution in [2.75, 3.05) is 0 Å². The first kappa shape index (κ1) is 33.5. The third-order valence-corrected chi connectivity index (χ3v) is 12.9. The van der Waals surface area contributed by atoms with Gasteiger partial charge in [0.15, 0.2) is 0 Å². The molecule has 1 unspecified atom stereocenters. The molecule has 0 saturated heterocycles. The molecule has 2 aliphatic rings. The second kappa shape index (κ2) is 12.9. The fraction of sp³-hybridized carbons (Fsp3) is 0.0536. The Morgan fingerprint density at radius 3 is 1.81 bits per heavy atom. The van der Waals surface area contributed by atoms with Crippen LogP contribution in [0.3, 0.4) is 0 Å². The van der Waals surface area contributed by atoms with Gasteiger partial charge in [0, 0.05) is 38.3 Å². The molecule has 10 aromatic rings. The third kappa shape index (κ3) is 4.81. The number of hydrogen-bond donors (Lipinski definition) is 0. The van der Waals surface area contributed by atoms with Crippen LogP contribution in [0.2, 0.25) is 0 Å². The third-order valence-electron chi connectivity index (χ3n) is 12.9. The minimum absolute atomic E-state index is 0.138. The normalized spacial score (nSPS) is 15.5. The molecule has 0 saturated carbocycles. The molecule has 2 aliphatic carbocycles. The van der Waals surface area contributed by atoms with Crippen LogP contribution in [0.1, 0.15) is 40.3 Å². The van der Waals surface area contributed by atoms with Crippen LogP contribution >= 0.6 is 0 Å². The number of allylic oxidation sites excluding steroid dienone is 4. The van der Waals surface area contributed by atoms with Gasteiger partial charge in [-0.25, -0.2) is 0 Å². The second-order valence-corrected chi connectivity index (χ2v) is 15.9. The van der Waals surface area contributed by atoms with Crippen LogP contribution in [-0.2, 0) is 5.41 Å². The molecule has 8 aromatic carbocycles. The van der Waals surface area contributed by atoms with E-state index >= 15 is 0 Å². The van der Waals surface area contributed by atoms with Crippen molar-refractivity contribution < 1.29 is 0 Å². The maximum absolute atomic E-state index is 9.67. The average Bonchev–Trinajstić information content (AvgIpc) is 3.93. The largest absolute Gasteiger partial charge is 0.333 e. The van der Waals surface area contributed by atoms with E-state index in [0.717, 1.165) is 23.1 Å². The Bertz CT molecular complexity index is 3390. The van der Waals surface area contributed by atoms with E-state index in [1.807, 2.05) is 18.2 Å². The van der Waals surface area contributed by atoms with Crippen molar-refractivity contribution in [3.05, 3.63) is 240 Å². The lowest BCUT2D eigenvalue weighted by molar-refractivity contribution is 0.638. The highest BCUT2D eigenvalue weighted by Gasteiger charge is 2.49. The number of benzene rings is 8. The fourth-order valence-corrected chi connectivity index (χ4v) is 10.5. The molecule has 0 N–H and O–H groups in total. The zero-order chi connectivity index (χ0) is 39.1. The van der Waals surface area contributed by atoms with E-state index in [2.05, 4.69) is 203 Å². The lowest BCUT2D eigenvalue weighted by atomic mass is 9.66. The Kier molecular flexibility index (Phi) is 7.33. The van der Waals surface area contributed by atoms with Crippen molar-refractivity contribution in [3.63, 3.8) is 0 Å². The maximum atomic E-state index is 9.67. The molecule has 2 heterocycles. The Labute approximate surface area is 342 Å². The van der Waals surface area contributed by atoms with E-state index in [-0.39, 0.29) is 11.5 Å². The second-order valence-electron chi connectivity index (χ2n) is 15.9. The van der Waals surface area contributed by atoms with Crippen LogP contribution in [-0.4, -0.2) is 9.13 Å². The fourth-order valence-electron chi connectivity index (χ4n) is 10.5. The van der Waals surface area contributed by atoms with Crippen LogP contribution in [0.4, 0.5) is 0 Å². The summed E-state index contributed by atoms with van der Waals surface area (Å²) in [4.78, 5) is 0. The zero-order valence-electron chi connectivity index (χ0n) is 32.3. The van der Waals surface area contributed by atoms with Crippen molar-refractivity contribution in [2.45, 2.75) is 17.9 Å². The first-order valence-corrected chi connectivity index (χ1v) is 20.4. The van der Waals surface area contributed by atoms with Gasteiger partial charge >= 0.3 is 0 Å². The maximum Gasteiger partial charge on any atom is 0.0992 e. The number of nitrogens with zero attached hydrogens (tertiary/aromatic N) is 3. The summed E-state index contributed by atoms with van der Waals surface area (Å²) < 4.78 is 4.85. The SMILES string of the molecule is N#Cc1cccc(-n2c3ccccc3c3cc(-c4ccc5c(c4)c4ccccc4n5C4C=C5C(=CC4)C(c4ccccc4)(c4ccccc4)c4ccccc45)ccc32)c1. The molecule has 0 amide bonds. The summed E-state index contributed by atoms with van der Waals surface area (Å²) in [7, 11) is 0. The molecule has 59 heavy (non-hydrogen) atoms. The molecule has 1 atom stereocenters. The summed E-state index contributed by atoms with van der Waals surface area (Å²) in [5.74, 6) is 0. The van der Waals surface area contributed by atoms with E-state index in [4.69, 9.17) is 0 Å². The van der Waals surface area contributed by atoms with E-state index in [0.29, 0.717) is 5.56 Å². The van der Waals surface area contributed by atoms with Crippen LogP contribution in [0.15, 0.2) is 212 Å². The molecule has 0 aliphatic heterocycles. The van der Waals surface area contributed by atoms with Gasteiger partial charge in [0.2, 0.25) is 0 Å². The topological polar surface area (TPSA) is 33.6 Å². The smallest absolute Gasteiger partial charge is 0.0992 e. The summed E-state index contributed by atoms with van der Waals surface area (Å²) in [6, 6.07) is 72.8. The van der Waals surface area contributed by atoms with Crippen molar-refractivity contribution >= 4 is 49.2 Å². The van der Waals surface area contributed by atoms with Gasteiger partial charge in [-0.3, -0.25) is 0 Å². The Hall–Kier alpha value is -7.67. The van der Waals surface area contributed by atoms with E-state index in [1.54, 1.807) is 0 Å². The number of aromatic nitrogens is 2. The minimum Gasteiger partial charge on any atom is -0.333 e. The monoisotopic (exact) mass is 751 g/mol. The van der Waals surface area contributed by atoms with Gasteiger partial charge < -0.3 is 9.13 Å². The molecule has 3 nitrogen and oxygen atoms in total. The summed E-state index contributed by atoms with van der Waals surface area (Å²) in [5.41, 5.74) is 16.3.